The maximum atomic E-state index is 11.8. The molecule has 1 heterocycles. The van der Waals surface area contributed by atoms with E-state index in [-0.39, 0.29) is 24.4 Å². The number of rotatable bonds is 7. The summed E-state index contributed by atoms with van der Waals surface area (Å²) in [4.78, 5) is 22.9. The van der Waals surface area contributed by atoms with Gasteiger partial charge in [0.05, 0.1) is 5.92 Å². The van der Waals surface area contributed by atoms with Crippen LogP contribution < -0.4 is 5.32 Å². The first kappa shape index (κ1) is 17.2. The maximum Gasteiger partial charge on any atom is 0.306 e. The second-order valence-electron chi connectivity index (χ2n) is 6.51. The molecular formula is C21H23NO3. The molecule has 0 aliphatic carbocycles. The summed E-state index contributed by atoms with van der Waals surface area (Å²) in [5.74, 6) is -0.0217. The highest BCUT2D eigenvalue weighted by Gasteiger charge is 2.26. The van der Waals surface area contributed by atoms with E-state index >= 15 is 0 Å². The molecule has 1 unspecified atom stereocenters. The van der Waals surface area contributed by atoms with E-state index < -0.39 is 0 Å². The van der Waals surface area contributed by atoms with Gasteiger partial charge < -0.3 is 10.1 Å². The van der Waals surface area contributed by atoms with Gasteiger partial charge in [-0.05, 0) is 42.0 Å². The van der Waals surface area contributed by atoms with Crippen LogP contribution in [0.2, 0.25) is 0 Å². The van der Waals surface area contributed by atoms with Crippen molar-refractivity contribution >= 4 is 11.9 Å². The Morgan fingerprint density at radius 2 is 1.92 bits per heavy atom. The molecule has 130 valence electrons. The summed E-state index contributed by atoms with van der Waals surface area (Å²) in [5, 5.41) is 2.71. The van der Waals surface area contributed by atoms with Gasteiger partial charge in [0, 0.05) is 13.0 Å². The van der Waals surface area contributed by atoms with Crippen LogP contribution in [0.4, 0.5) is 0 Å². The van der Waals surface area contributed by atoms with Gasteiger partial charge in [-0.15, -0.1) is 0 Å². The fraction of sp³-hybridized carbons (Fsp3) is 0.333. The second kappa shape index (κ2) is 7.97. The van der Waals surface area contributed by atoms with Crippen LogP contribution in [0, 0.1) is 12.8 Å². The van der Waals surface area contributed by atoms with Crippen LogP contribution in [0.5, 0.6) is 0 Å². The second-order valence-corrected chi connectivity index (χ2v) is 6.51. The molecule has 4 heteroatoms. The molecule has 1 aliphatic rings. The third-order valence-corrected chi connectivity index (χ3v) is 4.64. The Hall–Kier alpha value is -2.62. The first-order chi connectivity index (χ1) is 12.1. The van der Waals surface area contributed by atoms with Gasteiger partial charge in [-0.2, -0.15) is 0 Å². The van der Waals surface area contributed by atoms with E-state index in [1.165, 1.54) is 11.1 Å². The zero-order chi connectivity index (χ0) is 17.6. The van der Waals surface area contributed by atoms with Crippen molar-refractivity contribution in [3.63, 3.8) is 0 Å². The van der Waals surface area contributed by atoms with Gasteiger partial charge in [0.25, 0.3) is 0 Å². The van der Waals surface area contributed by atoms with Gasteiger partial charge in [0.1, 0.15) is 6.61 Å². The van der Waals surface area contributed by atoms with Crippen molar-refractivity contribution in [2.24, 2.45) is 5.92 Å². The SMILES string of the molecule is Cc1ccccc1-c1ccc(COC(=O)CCCC2CNC2=O)cc1. The van der Waals surface area contributed by atoms with Crippen LogP contribution in [-0.2, 0) is 20.9 Å². The molecule has 1 saturated heterocycles. The molecule has 1 atom stereocenters. The van der Waals surface area contributed by atoms with Crippen LogP contribution in [0.1, 0.15) is 30.4 Å². The smallest absolute Gasteiger partial charge is 0.306 e. The van der Waals surface area contributed by atoms with Crippen molar-refractivity contribution in [2.45, 2.75) is 32.8 Å². The average molecular weight is 337 g/mol. The van der Waals surface area contributed by atoms with Crippen LogP contribution in [-0.4, -0.2) is 18.4 Å². The number of amides is 1. The Morgan fingerprint density at radius 1 is 1.16 bits per heavy atom. The number of esters is 1. The van der Waals surface area contributed by atoms with E-state index in [2.05, 4.69) is 36.5 Å². The Bertz CT molecular complexity index is 752. The largest absolute Gasteiger partial charge is 0.461 e. The minimum absolute atomic E-state index is 0.0850. The van der Waals surface area contributed by atoms with E-state index in [0.717, 1.165) is 24.1 Å². The van der Waals surface area contributed by atoms with E-state index in [1.54, 1.807) is 0 Å². The Balaban J connectivity index is 1.44. The minimum atomic E-state index is -0.206. The Kier molecular flexibility index (Phi) is 5.49. The lowest BCUT2D eigenvalue weighted by atomic mass is 9.95. The van der Waals surface area contributed by atoms with Crippen LogP contribution >= 0.6 is 0 Å². The number of aryl methyl sites for hydroxylation is 1. The highest BCUT2D eigenvalue weighted by Crippen LogP contribution is 2.23. The first-order valence-electron chi connectivity index (χ1n) is 8.72. The van der Waals surface area contributed by atoms with Gasteiger partial charge in [-0.1, -0.05) is 48.5 Å². The number of benzene rings is 2. The number of ether oxygens (including phenoxy) is 1. The molecule has 25 heavy (non-hydrogen) atoms. The van der Waals surface area contributed by atoms with Crippen molar-refractivity contribution in [3.05, 3.63) is 59.7 Å². The van der Waals surface area contributed by atoms with Crippen molar-refractivity contribution in [1.29, 1.82) is 0 Å². The lowest BCUT2D eigenvalue weighted by Crippen LogP contribution is -2.48. The Morgan fingerprint density at radius 3 is 2.56 bits per heavy atom. The fourth-order valence-corrected chi connectivity index (χ4v) is 2.97. The third-order valence-electron chi connectivity index (χ3n) is 4.64. The van der Waals surface area contributed by atoms with Crippen LogP contribution in [0.3, 0.4) is 0 Å². The quantitative estimate of drug-likeness (QED) is 0.620. The summed E-state index contributed by atoms with van der Waals surface area (Å²) in [6, 6.07) is 16.4. The molecule has 0 saturated carbocycles. The molecule has 1 amide bonds. The molecule has 1 aliphatic heterocycles. The van der Waals surface area contributed by atoms with E-state index in [4.69, 9.17) is 4.74 Å². The predicted molar refractivity (Wildman–Crippen MR) is 96.8 cm³/mol. The van der Waals surface area contributed by atoms with Gasteiger partial charge in [0.2, 0.25) is 5.91 Å². The maximum absolute atomic E-state index is 11.8. The molecular weight excluding hydrogens is 314 g/mol. The first-order valence-corrected chi connectivity index (χ1v) is 8.72. The third kappa shape index (κ3) is 4.47. The van der Waals surface area contributed by atoms with E-state index in [0.29, 0.717) is 12.8 Å². The van der Waals surface area contributed by atoms with E-state index in [9.17, 15) is 9.59 Å². The number of carbonyl (C=O) groups excluding carboxylic acids is 2. The topological polar surface area (TPSA) is 55.4 Å². The number of β-lactam (4-membered cyclic amide) rings is 1. The number of nitrogens with one attached hydrogen (secondary N) is 1. The molecule has 2 aromatic carbocycles. The number of hydrogen-bond donors (Lipinski definition) is 1. The lowest BCUT2D eigenvalue weighted by molar-refractivity contribution is -0.145. The fourth-order valence-electron chi connectivity index (χ4n) is 2.97. The molecule has 2 aromatic rings. The lowest BCUT2D eigenvalue weighted by Gasteiger charge is -2.25. The summed E-state index contributed by atoms with van der Waals surface area (Å²) in [7, 11) is 0. The van der Waals surface area contributed by atoms with E-state index in [1.807, 2.05) is 24.3 Å². The Labute approximate surface area is 148 Å². The van der Waals surface area contributed by atoms with Gasteiger partial charge in [-0.3, -0.25) is 9.59 Å². The van der Waals surface area contributed by atoms with Crippen molar-refractivity contribution in [3.8, 4) is 11.1 Å². The highest BCUT2D eigenvalue weighted by atomic mass is 16.5. The number of hydrogen-bond acceptors (Lipinski definition) is 3. The molecule has 4 nitrogen and oxygen atoms in total. The van der Waals surface area contributed by atoms with Gasteiger partial charge >= 0.3 is 5.97 Å². The summed E-state index contributed by atoms with van der Waals surface area (Å²) in [5.41, 5.74) is 4.59. The standard InChI is InChI=1S/C21H23NO3/c1-15-5-2-3-7-19(15)17-11-9-16(10-12-17)14-25-20(23)8-4-6-18-13-22-21(18)24/h2-3,5,7,9-12,18H,4,6,8,13-14H2,1H3,(H,22,24). The molecule has 0 aromatic heterocycles. The zero-order valence-electron chi connectivity index (χ0n) is 14.5. The summed E-state index contributed by atoms with van der Waals surface area (Å²) in [6.45, 7) is 3.12. The molecule has 0 radical (unpaired) electrons. The molecule has 1 N–H and O–H groups in total. The van der Waals surface area contributed by atoms with Crippen molar-refractivity contribution in [2.75, 3.05) is 6.54 Å². The molecule has 0 bridgehead atoms. The summed E-state index contributed by atoms with van der Waals surface area (Å²) < 4.78 is 5.32. The number of carbonyl (C=O) groups is 2. The van der Waals surface area contributed by atoms with Crippen molar-refractivity contribution < 1.29 is 14.3 Å². The highest BCUT2D eigenvalue weighted by molar-refractivity contribution is 5.84. The predicted octanol–water partition coefficient (Wildman–Crippen LogP) is 3.62. The normalized spacial score (nSPS) is 16.0. The van der Waals surface area contributed by atoms with Crippen molar-refractivity contribution in [1.82, 2.24) is 5.32 Å². The molecule has 3 rings (SSSR count). The van der Waals surface area contributed by atoms with Gasteiger partial charge in [0.15, 0.2) is 0 Å². The minimum Gasteiger partial charge on any atom is -0.461 e. The monoisotopic (exact) mass is 337 g/mol. The average Bonchev–Trinajstić information content (AvgIpc) is 2.63. The van der Waals surface area contributed by atoms with Gasteiger partial charge in [-0.25, -0.2) is 0 Å². The summed E-state index contributed by atoms with van der Waals surface area (Å²) in [6.07, 6.45) is 1.82. The zero-order valence-corrected chi connectivity index (χ0v) is 14.5. The van der Waals surface area contributed by atoms with Crippen LogP contribution in [0.15, 0.2) is 48.5 Å². The van der Waals surface area contributed by atoms with Crippen LogP contribution in [0.25, 0.3) is 11.1 Å². The molecule has 1 fully saturated rings. The molecule has 0 spiro atoms. The summed E-state index contributed by atoms with van der Waals surface area (Å²) >= 11 is 0.